The quantitative estimate of drug-likeness (QED) is 0.813. The lowest BCUT2D eigenvalue weighted by Crippen LogP contribution is -2.48. The number of amides is 2. The van der Waals surface area contributed by atoms with Crippen LogP contribution >= 0.6 is 23.5 Å². The second-order valence-electron chi connectivity index (χ2n) is 7.33. The van der Waals surface area contributed by atoms with Gasteiger partial charge in [0.15, 0.2) is 0 Å². The van der Waals surface area contributed by atoms with Gasteiger partial charge in [-0.15, -0.1) is 0 Å². The van der Waals surface area contributed by atoms with Crippen molar-refractivity contribution in [3.05, 3.63) is 29.3 Å². The summed E-state index contributed by atoms with van der Waals surface area (Å²) in [4.78, 5) is 29.8. The Labute approximate surface area is 169 Å². The van der Waals surface area contributed by atoms with E-state index in [1.165, 1.54) is 0 Å². The van der Waals surface area contributed by atoms with Crippen LogP contribution in [-0.4, -0.2) is 73.9 Å². The van der Waals surface area contributed by atoms with Crippen LogP contribution in [0.15, 0.2) is 18.2 Å². The highest BCUT2D eigenvalue weighted by Gasteiger charge is 2.34. The Bertz CT molecular complexity index is 671. The molecule has 1 N–H and O–H groups in total. The number of rotatable bonds is 2. The average Bonchev–Trinajstić information content (AvgIpc) is 2.65. The molecule has 2 heterocycles. The smallest absolute Gasteiger partial charge is 0.257 e. The first-order valence-corrected chi connectivity index (χ1v) is 11.6. The lowest BCUT2D eigenvalue weighted by molar-refractivity contribution is 0.0690. The SMILES string of the molecule is C[C@@H]1SCCN(C(=O)c2cccc(C(=O)N3CCS[C@H](C)[C@H]3C)c2O)[C@@H]1C. The van der Waals surface area contributed by atoms with Crippen LogP contribution in [0.2, 0.25) is 0 Å². The number of phenols is 1. The van der Waals surface area contributed by atoms with Crippen molar-refractivity contribution < 1.29 is 14.7 Å². The number of phenolic OH excluding ortho intramolecular Hbond substituents is 1. The zero-order valence-electron chi connectivity index (χ0n) is 16.3. The Balaban J connectivity index is 1.87. The topological polar surface area (TPSA) is 60.9 Å². The van der Waals surface area contributed by atoms with Gasteiger partial charge in [-0.3, -0.25) is 9.59 Å². The number of nitrogens with zero attached hydrogens (tertiary/aromatic N) is 2. The number of hydrogen-bond acceptors (Lipinski definition) is 5. The molecule has 27 heavy (non-hydrogen) atoms. The minimum Gasteiger partial charge on any atom is -0.506 e. The molecule has 0 saturated carbocycles. The number of benzene rings is 1. The monoisotopic (exact) mass is 408 g/mol. The summed E-state index contributed by atoms with van der Waals surface area (Å²) in [6.45, 7) is 9.62. The summed E-state index contributed by atoms with van der Waals surface area (Å²) in [5.74, 6) is 1.19. The van der Waals surface area contributed by atoms with Gasteiger partial charge in [-0.2, -0.15) is 23.5 Å². The third-order valence-electron chi connectivity index (χ3n) is 5.79. The Hall–Kier alpha value is -1.34. The maximum absolute atomic E-state index is 13.1. The second kappa shape index (κ2) is 8.35. The van der Waals surface area contributed by atoms with Crippen molar-refractivity contribution in [2.75, 3.05) is 24.6 Å². The van der Waals surface area contributed by atoms with Gasteiger partial charge in [0, 0.05) is 47.2 Å². The molecular formula is C20H28N2O3S2. The summed E-state index contributed by atoms with van der Waals surface area (Å²) in [6, 6.07) is 5.11. The van der Waals surface area contributed by atoms with Crippen molar-refractivity contribution in [1.29, 1.82) is 0 Å². The normalized spacial score (nSPS) is 28.9. The molecule has 2 saturated heterocycles. The van der Waals surface area contributed by atoms with Crippen LogP contribution in [0.25, 0.3) is 0 Å². The molecule has 0 bridgehead atoms. The van der Waals surface area contributed by atoms with Gasteiger partial charge in [0.2, 0.25) is 0 Å². The zero-order chi connectivity index (χ0) is 19.7. The van der Waals surface area contributed by atoms with Crippen LogP contribution in [0.5, 0.6) is 5.75 Å². The van der Waals surface area contributed by atoms with E-state index < -0.39 is 0 Å². The predicted molar refractivity (Wildman–Crippen MR) is 113 cm³/mol. The maximum Gasteiger partial charge on any atom is 0.257 e. The van der Waals surface area contributed by atoms with E-state index in [2.05, 4.69) is 13.8 Å². The summed E-state index contributed by atoms with van der Waals surface area (Å²) >= 11 is 3.71. The van der Waals surface area contributed by atoms with E-state index >= 15 is 0 Å². The van der Waals surface area contributed by atoms with Gasteiger partial charge in [-0.1, -0.05) is 19.9 Å². The van der Waals surface area contributed by atoms with E-state index in [0.29, 0.717) is 23.6 Å². The van der Waals surface area contributed by atoms with Crippen LogP contribution < -0.4 is 0 Å². The van der Waals surface area contributed by atoms with Crippen LogP contribution in [0.1, 0.15) is 48.4 Å². The van der Waals surface area contributed by atoms with Crippen molar-refractivity contribution in [3.63, 3.8) is 0 Å². The Morgan fingerprint density at radius 1 is 0.889 bits per heavy atom. The molecule has 2 aliphatic rings. The molecule has 0 radical (unpaired) electrons. The molecule has 2 aliphatic heterocycles. The average molecular weight is 409 g/mol. The molecule has 0 unspecified atom stereocenters. The minimum absolute atomic E-state index is 0.0926. The van der Waals surface area contributed by atoms with Gasteiger partial charge in [0.25, 0.3) is 11.8 Å². The van der Waals surface area contributed by atoms with E-state index in [9.17, 15) is 14.7 Å². The standard InChI is InChI=1S/C20H28N2O3S2/c1-12-14(3)26-10-8-21(12)19(24)16-6-5-7-17(18(16)23)20(25)22-9-11-27-15(4)13(22)2/h5-7,12-15,23H,8-11H2,1-4H3/t12-,13-,14-,15+/m1/s1. The fraction of sp³-hybridized carbons (Fsp3) is 0.600. The number of thioether (sulfide) groups is 2. The van der Waals surface area contributed by atoms with E-state index in [0.717, 1.165) is 11.5 Å². The molecule has 1 aromatic rings. The molecule has 0 aromatic heterocycles. The van der Waals surface area contributed by atoms with Gasteiger partial charge in [0.1, 0.15) is 5.75 Å². The highest BCUT2D eigenvalue weighted by Crippen LogP contribution is 2.32. The fourth-order valence-electron chi connectivity index (χ4n) is 3.64. The van der Waals surface area contributed by atoms with Crippen LogP contribution in [-0.2, 0) is 0 Å². The lowest BCUT2D eigenvalue weighted by Gasteiger charge is -2.38. The number of hydrogen-bond donors (Lipinski definition) is 1. The summed E-state index contributed by atoms with van der Waals surface area (Å²) in [6.07, 6.45) is 0. The summed E-state index contributed by atoms with van der Waals surface area (Å²) in [7, 11) is 0. The van der Waals surface area contributed by atoms with Crippen LogP contribution in [0, 0.1) is 0 Å². The van der Waals surface area contributed by atoms with E-state index in [-0.39, 0.29) is 40.8 Å². The molecule has 7 heteroatoms. The van der Waals surface area contributed by atoms with E-state index in [1.54, 1.807) is 18.2 Å². The number of carbonyl (C=O) groups excluding carboxylic acids is 2. The second-order valence-corrected chi connectivity index (χ2v) is 10.3. The predicted octanol–water partition coefficient (Wildman–Crippen LogP) is 3.32. The number of carbonyl (C=O) groups is 2. The van der Waals surface area contributed by atoms with Crippen molar-refractivity contribution in [2.45, 2.75) is 50.3 Å². The largest absolute Gasteiger partial charge is 0.506 e. The summed E-state index contributed by atoms with van der Waals surface area (Å²) in [5.41, 5.74) is 0.442. The van der Waals surface area contributed by atoms with Gasteiger partial charge < -0.3 is 14.9 Å². The van der Waals surface area contributed by atoms with Crippen molar-refractivity contribution >= 4 is 35.3 Å². The van der Waals surface area contributed by atoms with Crippen molar-refractivity contribution in [3.8, 4) is 5.75 Å². The third-order valence-corrected chi connectivity index (χ3v) is 8.46. The van der Waals surface area contributed by atoms with Gasteiger partial charge in [-0.05, 0) is 26.0 Å². The Morgan fingerprint density at radius 2 is 1.30 bits per heavy atom. The molecule has 1 aromatic carbocycles. The zero-order valence-corrected chi connectivity index (χ0v) is 18.0. The summed E-state index contributed by atoms with van der Waals surface area (Å²) < 4.78 is 0. The van der Waals surface area contributed by atoms with Crippen LogP contribution in [0.3, 0.4) is 0 Å². The first-order chi connectivity index (χ1) is 12.8. The molecule has 5 nitrogen and oxygen atoms in total. The van der Waals surface area contributed by atoms with Gasteiger partial charge in [0.05, 0.1) is 11.1 Å². The number of aromatic hydroxyl groups is 1. The minimum atomic E-state index is -0.197. The molecule has 148 valence electrons. The fourth-order valence-corrected chi connectivity index (χ4v) is 5.84. The Morgan fingerprint density at radius 3 is 1.70 bits per heavy atom. The summed E-state index contributed by atoms with van der Waals surface area (Å²) in [5, 5.41) is 11.5. The molecule has 2 fully saturated rings. The maximum atomic E-state index is 13.1. The van der Waals surface area contributed by atoms with Crippen LogP contribution in [0.4, 0.5) is 0 Å². The molecular weight excluding hydrogens is 380 g/mol. The first kappa shape index (κ1) is 20.4. The van der Waals surface area contributed by atoms with Crippen molar-refractivity contribution in [1.82, 2.24) is 9.80 Å². The molecule has 2 amide bonds. The highest BCUT2D eigenvalue weighted by atomic mass is 32.2. The van der Waals surface area contributed by atoms with Gasteiger partial charge >= 0.3 is 0 Å². The molecule has 0 aliphatic carbocycles. The lowest BCUT2D eigenvalue weighted by atomic mass is 10.0. The number of para-hydroxylation sites is 1. The molecule has 4 atom stereocenters. The first-order valence-electron chi connectivity index (χ1n) is 9.50. The van der Waals surface area contributed by atoms with E-state index in [1.807, 2.05) is 47.2 Å². The molecule has 0 spiro atoms. The Kier molecular flexibility index (Phi) is 6.31. The van der Waals surface area contributed by atoms with Crippen molar-refractivity contribution in [2.24, 2.45) is 0 Å². The van der Waals surface area contributed by atoms with E-state index in [4.69, 9.17) is 0 Å². The highest BCUT2D eigenvalue weighted by molar-refractivity contribution is 8.00. The van der Waals surface area contributed by atoms with Gasteiger partial charge in [-0.25, -0.2) is 0 Å². The molecule has 3 rings (SSSR count). The third kappa shape index (κ3) is 3.94.